The highest BCUT2D eigenvalue weighted by atomic mass is 32.2. The molecule has 0 saturated heterocycles. The largest absolute Gasteiger partial charge is 0.506 e. The van der Waals surface area contributed by atoms with E-state index in [1.165, 1.54) is 53.7 Å². The van der Waals surface area contributed by atoms with Crippen molar-refractivity contribution in [2.24, 2.45) is 0 Å². The minimum absolute atomic E-state index is 0.0660. The quantitative estimate of drug-likeness (QED) is 0.498. The fourth-order valence-corrected chi connectivity index (χ4v) is 4.77. The highest BCUT2D eigenvalue weighted by molar-refractivity contribution is 7.92. The number of sulfonamides is 2. The van der Waals surface area contributed by atoms with Crippen molar-refractivity contribution < 1.29 is 26.7 Å². The zero-order valence-electron chi connectivity index (χ0n) is 16.9. The summed E-state index contributed by atoms with van der Waals surface area (Å²) in [5, 5.41) is 12.5. The number of rotatable bonds is 9. The molecule has 0 aliphatic carbocycles. The summed E-state index contributed by atoms with van der Waals surface area (Å²) in [5.41, 5.74) is 0.266. The van der Waals surface area contributed by atoms with Crippen molar-refractivity contribution in [1.29, 1.82) is 0 Å². The van der Waals surface area contributed by atoms with Crippen LogP contribution < -0.4 is 10.0 Å². The van der Waals surface area contributed by atoms with Crippen LogP contribution in [-0.4, -0.2) is 51.0 Å². The molecule has 0 aliphatic heterocycles. The van der Waals surface area contributed by atoms with E-state index in [4.69, 9.17) is 0 Å². The molecule has 0 bridgehead atoms. The molecule has 0 aromatic heterocycles. The highest BCUT2D eigenvalue weighted by Gasteiger charge is 2.23. The number of nitrogens with zero attached hydrogens (tertiary/aromatic N) is 1. The Morgan fingerprint density at radius 1 is 1.00 bits per heavy atom. The lowest BCUT2D eigenvalue weighted by Gasteiger charge is -2.19. The van der Waals surface area contributed by atoms with Gasteiger partial charge in [0, 0.05) is 24.3 Å². The van der Waals surface area contributed by atoms with Gasteiger partial charge in [0.15, 0.2) is 0 Å². The number of carbonyl (C=O) groups is 1. The number of phenolic OH excluding ortho intramolecular Hbond substituents is 1. The lowest BCUT2D eigenvalue weighted by atomic mass is 10.2. The van der Waals surface area contributed by atoms with E-state index in [9.17, 15) is 26.7 Å². The van der Waals surface area contributed by atoms with Crippen LogP contribution in [0.25, 0.3) is 0 Å². The van der Waals surface area contributed by atoms with Gasteiger partial charge in [0.2, 0.25) is 20.0 Å². The van der Waals surface area contributed by atoms with Gasteiger partial charge in [-0.1, -0.05) is 19.9 Å². The molecule has 0 saturated carbocycles. The standard InChI is InChI=1S/C19H25N3O6S2/c1-4-22(5-2)30(27,28)16-10-11-18(23)17(13-16)20-19(24)14-8-7-9-15(12-14)21-29(25,26)6-3/h7-13,21,23H,4-6H2,1-3H3,(H,20,24). The van der Waals surface area contributed by atoms with Gasteiger partial charge in [-0.05, 0) is 43.3 Å². The number of anilines is 2. The summed E-state index contributed by atoms with van der Waals surface area (Å²) in [6, 6.07) is 9.45. The van der Waals surface area contributed by atoms with Crippen molar-refractivity contribution in [3.05, 3.63) is 48.0 Å². The minimum Gasteiger partial charge on any atom is -0.506 e. The molecular formula is C19H25N3O6S2. The molecule has 0 spiro atoms. The van der Waals surface area contributed by atoms with Crippen LogP contribution in [0, 0.1) is 0 Å². The fourth-order valence-electron chi connectivity index (χ4n) is 2.66. The molecule has 11 heteroatoms. The first kappa shape index (κ1) is 23.6. The van der Waals surface area contributed by atoms with Crippen LogP contribution in [0.15, 0.2) is 47.4 Å². The number of hydrogen-bond acceptors (Lipinski definition) is 6. The topological polar surface area (TPSA) is 133 Å². The van der Waals surface area contributed by atoms with E-state index in [1.54, 1.807) is 13.8 Å². The molecule has 2 rings (SSSR count). The first-order valence-electron chi connectivity index (χ1n) is 9.29. The molecule has 2 aromatic rings. The summed E-state index contributed by atoms with van der Waals surface area (Å²) in [7, 11) is -7.29. The second kappa shape index (κ2) is 9.45. The number of hydrogen-bond donors (Lipinski definition) is 3. The Balaban J connectivity index is 2.32. The number of aromatic hydroxyl groups is 1. The maximum absolute atomic E-state index is 12.7. The van der Waals surface area contributed by atoms with Crippen molar-refractivity contribution in [2.45, 2.75) is 25.7 Å². The van der Waals surface area contributed by atoms with Crippen molar-refractivity contribution in [1.82, 2.24) is 4.31 Å². The van der Waals surface area contributed by atoms with Crippen molar-refractivity contribution >= 4 is 37.3 Å². The predicted molar refractivity (Wildman–Crippen MR) is 116 cm³/mol. The van der Waals surface area contributed by atoms with Gasteiger partial charge in [0.25, 0.3) is 5.91 Å². The zero-order valence-corrected chi connectivity index (χ0v) is 18.5. The smallest absolute Gasteiger partial charge is 0.255 e. The van der Waals surface area contributed by atoms with Gasteiger partial charge in [-0.2, -0.15) is 4.31 Å². The second-order valence-electron chi connectivity index (χ2n) is 6.31. The molecule has 0 aliphatic rings. The third kappa shape index (κ3) is 5.49. The van der Waals surface area contributed by atoms with Crippen LogP contribution in [0.3, 0.4) is 0 Å². The number of phenols is 1. The summed E-state index contributed by atoms with van der Waals surface area (Å²) in [6.45, 7) is 5.47. The molecule has 0 heterocycles. The first-order valence-corrected chi connectivity index (χ1v) is 12.4. The van der Waals surface area contributed by atoms with E-state index in [0.29, 0.717) is 0 Å². The van der Waals surface area contributed by atoms with Gasteiger partial charge < -0.3 is 10.4 Å². The molecular weight excluding hydrogens is 430 g/mol. The Morgan fingerprint density at radius 2 is 1.67 bits per heavy atom. The Kier molecular flexibility index (Phi) is 7.45. The second-order valence-corrected chi connectivity index (χ2v) is 10.3. The Bertz CT molecular complexity index is 1130. The predicted octanol–water partition coefficient (Wildman–Crippen LogP) is 2.44. The summed E-state index contributed by atoms with van der Waals surface area (Å²) >= 11 is 0. The maximum Gasteiger partial charge on any atom is 0.255 e. The molecule has 0 radical (unpaired) electrons. The lowest BCUT2D eigenvalue weighted by Crippen LogP contribution is -2.30. The van der Waals surface area contributed by atoms with E-state index < -0.39 is 26.0 Å². The first-order chi connectivity index (χ1) is 14.0. The summed E-state index contributed by atoms with van der Waals surface area (Å²) in [6.07, 6.45) is 0. The van der Waals surface area contributed by atoms with Crippen molar-refractivity contribution in [2.75, 3.05) is 28.9 Å². The maximum atomic E-state index is 12.7. The van der Waals surface area contributed by atoms with Gasteiger partial charge in [0.1, 0.15) is 5.75 Å². The molecule has 1 amide bonds. The zero-order chi connectivity index (χ0) is 22.5. The van der Waals surface area contributed by atoms with Crippen LogP contribution >= 0.6 is 0 Å². The van der Waals surface area contributed by atoms with E-state index in [2.05, 4.69) is 10.0 Å². The summed E-state index contributed by atoms with van der Waals surface area (Å²) < 4.78 is 52.4. The van der Waals surface area contributed by atoms with E-state index >= 15 is 0 Å². The van der Waals surface area contributed by atoms with Gasteiger partial charge in [-0.15, -0.1) is 0 Å². The van der Waals surface area contributed by atoms with Gasteiger partial charge in [0.05, 0.1) is 16.3 Å². The monoisotopic (exact) mass is 455 g/mol. The third-order valence-corrected chi connectivity index (χ3v) is 7.69. The third-order valence-electron chi connectivity index (χ3n) is 4.34. The molecule has 3 N–H and O–H groups in total. The van der Waals surface area contributed by atoms with Crippen LogP contribution in [0.5, 0.6) is 5.75 Å². The molecule has 30 heavy (non-hydrogen) atoms. The van der Waals surface area contributed by atoms with Crippen LogP contribution in [0.2, 0.25) is 0 Å². The number of benzene rings is 2. The molecule has 0 unspecified atom stereocenters. The normalized spacial score (nSPS) is 12.0. The Hall–Kier alpha value is -2.63. The molecule has 0 fully saturated rings. The Morgan fingerprint density at radius 3 is 2.27 bits per heavy atom. The summed E-state index contributed by atoms with van der Waals surface area (Å²) in [4.78, 5) is 12.5. The molecule has 2 aromatic carbocycles. The summed E-state index contributed by atoms with van der Waals surface area (Å²) in [5.74, 6) is -1.06. The molecule has 164 valence electrons. The van der Waals surface area contributed by atoms with Crippen LogP contribution in [0.4, 0.5) is 11.4 Å². The SMILES string of the molecule is CCN(CC)S(=O)(=O)c1ccc(O)c(NC(=O)c2cccc(NS(=O)(=O)CC)c2)c1. The van der Waals surface area contributed by atoms with Crippen LogP contribution in [-0.2, 0) is 20.0 Å². The number of carbonyl (C=O) groups excluding carboxylic acids is 1. The van der Waals surface area contributed by atoms with Crippen LogP contribution in [0.1, 0.15) is 31.1 Å². The molecule has 0 atom stereocenters. The van der Waals surface area contributed by atoms with Gasteiger partial charge in [-0.3, -0.25) is 9.52 Å². The average Bonchev–Trinajstić information content (AvgIpc) is 2.70. The number of amides is 1. The van der Waals surface area contributed by atoms with E-state index in [0.717, 1.165) is 0 Å². The Labute approximate surface area is 176 Å². The molecule has 9 nitrogen and oxygen atoms in total. The minimum atomic E-state index is -3.78. The average molecular weight is 456 g/mol. The van der Waals surface area contributed by atoms with E-state index in [1.807, 2.05) is 0 Å². The van der Waals surface area contributed by atoms with Gasteiger partial charge in [-0.25, -0.2) is 16.8 Å². The lowest BCUT2D eigenvalue weighted by molar-refractivity contribution is 0.102. The fraction of sp³-hybridized carbons (Fsp3) is 0.316. The highest BCUT2D eigenvalue weighted by Crippen LogP contribution is 2.28. The van der Waals surface area contributed by atoms with Gasteiger partial charge >= 0.3 is 0 Å². The number of nitrogens with one attached hydrogen (secondary N) is 2. The van der Waals surface area contributed by atoms with Crippen molar-refractivity contribution in [3.8, 4) is 5.75 Å². The van der Waals surface area contributed by atoms with Crippen molar-refractivity contribution in [3.63, 3.8) is 0 Å². The van der Waals surface area contributed by atoms with E-state index in [-0.39, 0.29) is 46.4 Å².